The zero-order valence-corrected chi connectivity index (χ0v) is 8.74. The fourth-order valence-electron chi connectivity index (χ4n) is 2.29. The van der Waals surface area contributed by atoms with E-state index in [1.807, 2.05) is 12.1 Å². The minimum Gasteiger partial charge on any atom is -0.418 e. The van der Waals surface area contributed by atoms with Crippen LogP contribution in [0.1, 0.15) is 43.6 Å². The summed E-state index contributed by atoms with van der Waals surface area (Å²) in [7, 11) is 0. The summed E-state index contributed by atoms with van der Waals surface area (Å²) < 4.78 is 4.64. The Bertz CT molecular complexity index is 310. The lowest BCUT2D eigenvalue weighted by atomic mass is 9.84. The van der Waals surface area contributed by atoms with E-state index in [2.05, 4.69) is 16.9 Å². The second-order valence-electron chi connectivity index (χ2n) is 4.09. The van der Waals surface area contributed by atoms with E-state index in [9.17, 15) is 4.79 Å². The van der Waals surface area contributed by atoms with Gasteiger partial charge >= 0.3 is 6.47 Å². The average Bonchev–Trinajstić information content (AvgIpc) is 2.32. The molecule has 15 heavy (non-hydrogen) atoms. The van der Waals surface area contributed by atoms with E-state index < -0.39 is 0 Å². The first-order valence-corrected chi connectivity index (χ1v) is 5.54. The lowest BCUT2D eigenvalue weighted by molar-refractivity contribution is 0.438. The number of hydrogen-bond acceptors (Lipinski definition) is 2. The number of hydrogen-bond donors (Lipinski definition) is 0. The Morgan fingerprint density at radius 1 is 1.07 bits per heavy atom. The Morgan fingerprint density at radius 3 is 2.33 bits per heavy atom. The number of carbonyl (C=O) groups excluding carboxylic acids is 1. The molecule has 1 aliphatic carbocycles. The summed E-state index contributed by atoms with van der Waals surface area (Å²) in [6.07, 6.45) is 6.63. The predicted molar refractivity (Wildman–Crippen MR) is 58.6 cm³/mol. The Labute approximate surface area is 90.3 Å². The van der Waals surface area contributed by atoms with E-state index in [0.29, 0.717) is 11.7 Å². The van der Waals surface area contributed by atoms with Gasteiger partial charge in [0.05, 0.1) is 0 Å². The highest BCUT2D eigenvalue weighted by Crippen LogP contribution is 2.33. The van der Waals surface area contributed by atoms with Gasteiger partial charge < -0.3 is 4.74 Å². The van der Waals surface area contributed by atoms with Crippen LogP contribution >= 0.6 is 0 Å². The summed E-state index contributed by atoms with van der Waals surface area (Å²) in [5.41, 5.74) is 1.37. The van der Waals surface area contributed by atoms with Crippen LogP contribution in [0.25, 0.3) is 0 Å². The fraction of sp³-hybridized carbons (Fsp3) is 0.462. The highest BCUT2D eigenvalue weighted by Gasteiger charge is 2.14. The zero-order valence-electron chi connectivity index (χ0n) is 8.74. The standard InChI is InChI=1S/C13H15O2/c14-10-15-13-8-6-12(7-9-13)11-4-2-1-3-5-11/h6-9,11H,1-5H2. The largest absolute Gasteiger partial charge is 0.423 e. The highest BCUT2D eigenvalue weighted by molar-refractivity contribution is 5.46. The quantitative estimate of drug-likeness (QED) is 0.754. The van der Waals surface area contributed by atoms with Gasteiger partial charge in [0.2, 0.25) is 0 Å². The van der Waals surface area contributed by atoms with Crippen LogP contribution in [-0.4, -0.2) is 6.47 Å². The van der Waals surface area contributed by atoms with Gasteiger partial charge in [0.1, 0.15) is 5.75 Å². The normalized spacial score (nSPS) is 17.3. The van der Waals surface area contributed by atoms with Crippen molar-refractivity contribution >= 4 is 6.47 Å². The third-order valence-corrected chi connectivity index (χ3v) is 3.12. The van der Waals surface area contributed by atoms with Crippen LogP contribution in [0.15, 0.2) is 24.3 Å². The minimum atomic E-state index is 0.574. The van der Waals surface area contributed by atoms with Crippen LogP contribution < -0.4 is 4.74 Å². The molecule has 1 aromatic carbocycles. The van der Waals surface area contributed by atoms with Crippen LogP contribution in [0.5, 0.6) is 5.75 Å². The van der Waals surface area contributed by atoms with E-state index in [1.54, 1.807) is 0 Å². The summed E-state index contributed by atoms with van der Waals surface area (Å²) in [6, 6.07) is 7.80. The maximum Gasteiger partial charge on any atom is 0.423 e. The van der Waals surface area contributed by atoms with Gasteiger partial charge in [-0.3, -0.25) is 0 Å². The minimum absolute atomic E-state index is 0.574. The molecule has 0 aromatic heterocycles. The van der Waals surface area contributed by atoms with Crippen molar-refractivity contribution in [1.82, 2.24) is 0 Å². The Balaban J connectivity index is 2.04. The molecule has 0 bridgehead atoms. The molecule has 2 nitrogen and oxygen atoms in total. The molecule has 1 aliphatic rings. The predicted octanol–water partition coefficient (Wildman–Crippen LogP) is 3.18. The molecule has 0 N–H and O–H groups in total. The molecular weight excluding hydrogens is 188 g/mol. The van der Waals surface area contributed by atoms with Crippen molar-refractivity contribution < 1.29 is 9.53 Å². The zero-order chi connectivity index (χ0) is 10.5. The first-order valence-electron chi connectivity index (χ1n) is 5.54. The van der Waals surface area contributed by atoms with Crippen LogP contribution in [-0.2, 0) is 4.79 Å². The first-order chi connectivity index (χ1) is 7.40. The second kappa shape index (κ2) is 4.96. The highest BCUT2D eigenvalue weighted by atomic mass is 16.5. The van der Waals surface area contributed by atoms with E-state index in [0.717, 1.165) is 0 Å². The van der Waals surface area contributed by atoms with Gasteiger partial charge in [0.25, 0.3) is 0 Å². The Morgan fingerprint density at radius 2 is 1.73 bits per heavy atom. The molecule has 1 fully saturated rings. The summed E-state index contributed by atoms with van der Waals surface area (Å²) in [5.74, 6) is 1.28. The number of rotatable bonds is 3. The molecule has 0 atom stereocenters. The van der Waals surface area contributed by atoms with Crippen molar-refractivity contribution in [3.63, 3.8) is 0 Å². The van der Waals surface area contributed by atoms with E-state index >= 15 is 0 Å². The van der Waals surface area contributed by atoms with Gasteiger partial charge in [-0.05, 0) is 36.5 Å². The Hall–Kier alpha value is -1.31. The fourth-order valence-corrected chi connectivity index (χ4v) is 2.29. The summed E-state index contributed by atoms with van der Waals surface area (Å²) in [5, 5.41) is 0. The van der Waals surface area contributed by atoms with E-state index in [-0.39, 0.29) is 0 Å². The summed E-state index contributed by atoms with van der Waals surface area (Å²) >= 11 is 0. The van der Waals surface area contributed by atoms with Gasteiger partial charge in [-0.15, -0.1) is 0 Å². The topological polar surface area (TPSA) is 26.3 Å². The van der Waals surface area contributed by atoms with E-state index in [4.69, 9.17) is 0 Å². The third kappa shape index (κ3) is 2.58. The van der Waals surface area contributed by atoms with Crippen LogP contribution in [0.3, 0.4) is 0 Å². The second-order valence-corrected chi connectivity index (χ2v) is 4.09. The molecule has 2 heteroatoms. The monoisotopic (exact) mass is 203 g/mol. The molecule has 1 radical (unpaired) electrons. The third-order valence-electron chi connectivity index (χ3n) is 3.12. The summed E-state index contributed by atoms with van der Waals surface area (Å²) in [6.45, 7) is 1.43. The van der Waals surface area contributed by atoms with Crippen LogP contribution in [0, 0.1) is 0 Å². The first kappa shape index (κ1) is 10.2. The van der Waals surface area contributed by atoms with Gasteiger partial charge in [-0.2, -0.15) is 0 Å². The smallest absolute Gasteiger partial charge is 0.418 e. The van der Waals surface area contributed by atoms with Crippen molar-refractivity contribution in [3.05, 3.63) is 29.8 Å². The van der Waals surface area contributed by atoms with Gasteiger partial charge in [0.15, 0.2) is 0 Å². The van der Waals surface area contributed by atoms with Crippen molar-refractivity contribution in [2.45, 2.75) is 38.0 Å². The maximum absolute atomic E-state index is 10.0. The maximum atomic E-state index is 10.0. The molecule has 0 saturated heterocycles. The van der Waals surface area contributed by atoms with Gasteiger partial charge in [0, 0.05) is 0 Å². The molecule has 1 aromatic rings. The molecular formula is C13H15O2. The number of benzene rings is 1. The molecule has 79 valence electrons. The van der Waals surface area contributed by atoms with Crippen molar-refractivity contribution in [3.8, 4) is 5.75 Å². The molecule has 2 rings (SSSR count). The molecule has 0 aliphatic heterocycles. The van der Waals surface area contributed by atoms with Crippen LogP contribution in [0.4, 0.5) is 0 Å². The lowest BCUT2D eigenvalue weighted by Crippen LogP contribution is -2.04. The SMILES string of the molecule is O=[C]Oc1ccc(C2CCCCC2)cc1. The molecule has 0 unspecified atom stereocenters. The molecule has 0 heterocycles. The Kier molecular flexibility index (Phi) is 3.38. The molecule has 0 spiro atoms. The molecule has 1 saturated carbocycles. The van der Waals surface area contributed by atoms with Crippen molar-refractivity contribution in [2.75, 3.05) is 0 Å². The van der Waals surface area contributed by atoms with E-state index in [1.165, 1.54) is 44.1 Å². The van der Waals surface area contributed by atoms with Gasteiger partial charge in [-0.1, -0.05) is 31.4 Å². The lowest BCUT2D eigenvalue weighted by Gasteiger charge is -2.21. The van der Waals surface area contributed by atoms with Crippen molar-refractivity contribution in [2.24, 2.45) is 0 Å². The van der Waals surface area contributed by atoms with Crippen LogP contribution in [0.2, 0.25) is 0 Å². The van der Waals surface area contributed by atoms with Crippen molar-refractivity contribution in [1.29, 1.82) is 0 Å². The number of ether oxygens (including phenoxy) is 1. The molecule has 0 amide bonds. The van der Waals surface area contributed by atoms with Gasteiger partial charge in [-0.25, -0.2) is 4.79 Å². The average molecular weight is 203 g/mol. The summed E-state index contributed by atoms with van der Waals surface area (Å²) in [4.78, 5) is 10.0.